The van der Waals surface area contributed by atoms with E-state index in [0.29, 0.717) is 13.1 Å². The molecule has 3 aliphatic heterocycles. The Balaban J connectivity index is 1.43. The molecule has 2 amide bonds. The molecule has 0 aromatic rings. The third kappa shape index (κ3) is 8.89. The number of ether oxygens (including phenoxy) is 6. The molecule has 0 saturated carbocycles. The van der Waals surface area contributed by atoms with E-state index in [0.717, 1.165) is 0 Å². The highest BCUT2D eigenvalue weighted by Crippen LogP contribution is 2.15. The zero-order chi connectivity index (χ0) is 25.5. The molecule has 15 heteroatoms. The highest BCUT2D eigenvalue weighted by atomic mass is 16.6. The van der Waals surface area contributed by atoms with E-state index in [9.17, 15) is 14.4 Å². The van der Waals surface area contributed by atoms with Crippen LogP contribution in [0, 0.1) is 0 Å². The Kier molecular flexibility index (Phi) is 10.1. The van der Waals surface area contributed by atoms with Gasteiger partial charge in [-0.15, -0.1) is 0 Å². The van der Waals surface area contributed by atoms with E-state index in [1.807, 2.05) is 11.9 Å². The molecule has 6 radical (unpaired) electrons. The number of rotatable bonds is 6. The summed E-state index contributed by atoms with van der Waals surface area (Å²) in [7, 11) is 19.5. The molecule has 3 saturated heterocycles. The quantitative estimate of drug-likeness (QED) is 0.237. The van der Waals surface area contributed by atoms with Crippen LogP contribution in [0.15, 0.2) is 0 Å². The van der Waals surface area contributed by atoms with Gasteiger partial charge in [-0.05, 0) is 7.05 Å². The third-order valence-corrected chi connectivity index (χ3v) is 5.53. The van der Waals surface area contributed by atoms with Gasteiger partial charge in [0.05, 0.1) is 13.1 Å². The third-order valence-electron chi connectivity index (χ3n) is 5.53. The molecule has 6 atom stereocenters. The summed E-state index contributed by atoms with van der Waals surface area (Å²) in [6.45, 7) is 2.87. The average Bonchev–Trinajstić information content (AvgIpc) is 2.78. The zero-order valence-corrected chi connectivity index (χ0v) is 20.1. The predicted octanol–water partition coefficient (Wildman–Crippen LogP) is -1.96. The number of hydrogen-bond donors (Lipinski definition) is 0. The summed E-state index contributed by atoms with van der Waals surface area (Å²) in [5, 5.41) is 0. The molecule has 3 fully saturated rings. The molecule has 0 aromatic carbocycles. The molecule has 0 spiro atoms. The van der Waals surface area contributed by atoms with Crippen LogP contribution in [0.1, 0.15) is 6.92 Å². The number of carbonyl (C=O) groups excluding carboxylic acids is 3. The van der Waals surface area contributed by atoms with Gasteiger partial charge >= 0.3 is 18.2 Å². The first-order chi connectivity index (χ1) is 16.6. The fourth-order valence-corrected chi connectivity index (χ4v) is 4.10. The van der Waals surface area contributed by atoms with Gasteiger partial charge in [0.2, 0.25) is 0 Å². The van der Waals surface area contributed by atoms with Gasteiger partial charge in [-0.1, -0.05) is 0 Å². The SMILES string of the molecule is [B]C1CN(C)CC(COC(=O)N2CC([B])OC(COC(=O)N3CC([B])OC(COC(C)=O)C3)C2)O1. The van der Waals surface area contributed by atoms with Crippen LogP contribution in [0.2, 0.25) is 0 Å². The highest BCUT2D eigenvalue weighted by molar-refractivity contribution is 6.11. The molecular formula is C20H30B3N3O9. The molecule has 35 heavy (non-hydrogen) atoms. The largest absolute Gasteiger partial charge is 0.463 e. The lowest BCUT2D eigenvalue weighted by molar-refractivity contribution is -0.148. The van der Waals surface area contributed by atoms with Gasteiger partial charge < -0.3 is 43.1 Å². The second-order valence-electron chi connectivity index (χ2n) is 8.88. The standard InChI is InChI=1S/C20H30B3N3O9/c1-12(27)30-9-14-4-25(7-17(22)34-14)20(29)32-11-15-5-26(8-18(23)35-15)19(28)31-10-13-3-24(2)6-16(21)33-13/h13-18H,3-11H2,1-2H3. The van der Waals surface area contributed by atoms with Crippen molar-refractivity contribution in [2.45, 2.75) is 43.2 Å². The molecule has 0 aromatic heterocycles. The van der Waals surface area contributed by atoms with E-state index in [2.05, 4.69) is 0 Å². The maximum Gasteiger partial charge on any atom is 0.410 e. The second-order valence-corrected chi connectivity index (χ2v) is 8.88. The van der Waals surface area contributed by atoms with Crippen LogP contribution in [-0.2, 0) is 33.2 Å². The van der Waals surface area contributed by atoms with Crippen molar-refractivity contribution in [3.63, 3.8) is 0 Å². The van der Waals surface area contributed by atoms with Gasteiger partial charge in [0.1, 0.15) is 61.7 Å². The van der Waals surface area contributed by atoms with Crippen molar-refractivity contribution in [2.75, 3.05) is 66.1 Å². The number of hydrogen-bond acceptors (Lipinski definition) is 10. The first kappa shape index (κ1) is 27.6. The number of amides is 2. The lowest BCUT2D eigenvalue weighted by Gasteiger charge is -2.38. The van der Waals surface area contributed by atoms with Crippen molar-refractivity contribution in [3.8, 4) is 0 Å². The topological polar surface area (TPSA) is 116 Å². The van der Waals surface area contributed by atoms with Crippen molar-refractivity contribution < 1.29 is 42.8 Å². The van der Waals surface area contributed by atoms with E-state index >= 15 is 0 Å². The molecule has 12 nitrogen and oxygen atoms in total. The van der Waals surface area contributed by atoms with Crippen LogP contribution in [0.25, 0.3) is 0 Å². The Morgan fingerprint density at radius 3 is 1.51 bits per heavy atom. The number of carbonyl (C=O) groups is 3. The summed E-state index contributed by atoms with van der Waals surface area (Å²) in [5.74, 6) is -0.460. The zero-order valence-electron chi connectivity index (χ0n) is 20.1. The van der Waals surface area contributed by atoms with Crippen LogP contribution in [-0.4, -0.2) is 159 Å². The molecule has 0 aliphatic carbocycles. The van der Waals surface area contributed by atoms with E-state index in [1.54, 1.807) is 0 Å². The van der Waals surface area contributed by atoms with Crippen molar-refractivity contribution in [1.29, 1.82) is 0 Å². The van der Waals surface area contributed by atoms with Crippen molar-refractivity contribution in [1.82, 2.24) is 14.7 Å². The maximum absolute atomic E-state index is 12.6. The van der Waals surface area contributed by atoms with Crippen LogP contribution >= 0.6 is 0 Å². The summed E-state index contributed by atoms with van der Waals surface area (Å²) >= 11 is 0. The summed E-state index contributed by atoms with van der Waals surface area (Å²) in [5.41, 5.74) is 0. The number of morpholine rings is 3. The summed E-state index contributed by atoms with van der Waals surface area (Å²) in [6.07, 6.45) is -2.75. The Morgan fingerprint density at radius 1 is 0.686 bits per heavy atom. The highest BCUT2D eigenvalue weighted by Gasteiger charge is 2.33. The molecule has 3 heterocycles. The van der Waals surface area contributed by atoms with Gasteiger partial charge in [-0.25, -0.2) is 9.59 Å². The molecule has 0 bridgehead atoms. The van der Waals surface area contributed by atoms with E-state index in [4.69, 9.17) is 52.0 Å². The smallest absolute Gasteiger partial charge is 0.410 e. The van der Waals surface area contributed by atoms with Gasteiger partial charge in [0, 0.05) is 51.1 Å². The van der Waals surface area contributed by atoms with E-state index < -0.39 is 48.4 Å². The van der Waals surface area contributed by atoms with Gasteiger partial charge in [0.25, 0.3) is 0 Å². The van der Waals surface area contributed by atoms with Crippen LogP contribution < -0.4 is 0 Å². The van der Waals surface area contributed by atoms with Crippen molar-refractivity contribution >= 4 is 41.7 Å². The van der Waals surface area contributed by atoms with Crippen LogP contribution in [0.4, 0.5) is 9.59 Å². The fourth-order valence-electron chi connectivity index (χ4n) is 4.10. The van der Waals surface area contributed by atoms with E-state index in [1.165, 1.54) is 16.7 Å². The van der Waals surface area contributed by atoms with Gasteiger partial charge in [0.15, 0.2) is 0 Å². The Hall–Kier alpha value is -1.96. The number of likely N-dealkylation sites (N-methyl/N-ethyl adjacent to an activating group) is 1. The molecule has 3 rings (SSSR count). The molecular weight excluding hydrogens is 459 g/mol. The first-order valence-electron chi connectivity index (χ1n) is 11.5. The lowest BCUT2D eigenvalue weighted by Crippen LogP contribution is -2.54. The number of nitrogens with zero attached hydrogens (tertiary/aromatic N) is 3. The molecule has 6 unspecified atom stereocenters. The normalized spacial score (nSPS) is 32.1. The number of esters is 1. The average molecular weight is 489 g/mol. The fraction of sp³-hybridized carbons (Fsp3) is 0.850. The van der Waals surface area contributed by atoms with Crippen LogP contribution in [0.5, 0.6) is 0 Å². The second kappa shape index (κ2) is 12.8. The Bertz CT molecular complexity index is 742. The summed E-state index contributed by atoms with van der Waals surface area (Å²) in [6, 6.07) is -1.95. The first-order valence-corrected chi connectivity index (χ1v) is 11.5. The minimum atomic E-state index is -0.768. The van der Waals surface area contributed by atoms with Crippen molar-refractivity contribution in [3.05, 3.63) is 0 Å². The monoisotopic (exact) mass is 489 g/mol. The minimum Gasteiger partial charge on any atom is -0.463 e. The molecule has 0 N–H and O–H groups in total. The van der Waals surface area contributed by atoms with Crippen LogP contribution in [0.3, 0.4) is 0 Å². The summed E-state index contributed by atoms with van der Waals surface area (Å²) < 4.78 is 32.4. The molecule has 188 valence electrons. The Morgan fingerprint density at radius 2 is 1.09 bits per heavy atom. The maximum atomic E-state index is 12.6. The van der Waals surface area contributed by atoms with Gasteiger partial charge in [-0.3, -0.25) is 4.79 Å². The summed E-state index contributed by atoms with van der Waals surface area (Å²) in [4.78, 5) is 40.9. The van der Waals surface area contributed by atoms with E-state index in [-0.39, 0.29) is 52.1 Å². The molecule has 3 aliphatic rings. The van der Waals surface area contributed by atoms with Gasteiger partial charge in [-0.2, -0.15) is 0 Å². The minimum absolute atomic E-state index is 0.0292. The Labute approximate surface area is 209 Å². The predicted molar refractivity (Wildman–Crippen MR) is 123 cm³/mol. The van der Waals surface area contributed by atoms with Crippen molar-refractivity contribution in [2.24, 2.45) is 0 Å². The lowest BCUT2D eigenvalue weighted by atomic mass is 9.97.